The molecule has 0 fully saturated rings. The molecular formula is C22H21F2N5O2. The number of hydrogen-bond donors (Lipinski definition) is 1. The zero-order valence-electron chi connectivity index (χ0n) is 16.9. The molecule has 4 aromatic rings. The van der Waals surface area contributed by atoms with Gasteiger partial charge in [-0.25, -0.2) is 18.6 Å². The highest BCUT2D eigenvalue weighted by molar-refractivity contribution is 5.70. The molecule has 0 bridgehead atoms. The normalized spacial score (nSPS) is 11.3. The standard InChI is InChI=1S/C22H21F2N5O2/c1-2-10-29-21(30)19-20(27-18(26-19)13-16-5-3-4-9-25-16)28(22(29)31)11-8-14-6-7-15(23)12-17(14)24/h3-7,9,12H,2,8,10-11,13H2,1H3,(H,26,27). The van der Waals surface area contributed by atoms with Crippen LogP contribution in [0.2, 0.25) is 0 Å². The number of halogens is 2. The summed E-state index contributed by atoms with van der Waals surface area (Å²) >= 11 is 0. The first-order valence-electron chi connectivity index (χ1n) is 10.0. The Morgan fingerprint density at radius 1 is 1.06 bits per heavy atom. The number of pyridine rings is 1. The van der Waals surface area contributed by atoms with Crippen LogP contribution in [-0.4, -0.2) is 24.1 Å². The van der Waals surface area contributed by atoms with Crippen molar-refractivity contribution in [1.29, 1.82) is 0 Å². The van der Waals surface area contributed by atoms with E-state index in [9.17, 15) is 18.4 Å². The first-order chi connectivity index (χ1) is 15.0. The van der Waals surface area contributed by atoms with Crippen molar-refractivity contribution in [2.75, 3.05) is 0 Å². The summed E-state index contributed by atoms with van der Waals surface area (Å²) in [7, 11) is 0. The molecule has 0 unspecified atom stereocenters. The van der Waals surface area contributed by atoms with Crippen molar-refractivity contribution in [3.8, 4) is 0 Å². The molecular weight excluding hydrogens is 404 g/mol. The minimum absolute atomic E-state index is 0.0930. The molecule has 4 rings (SSSR count). The Kier molecular flexibility index (Phi) is 5.75. The highest BCUT2D eigenvalue weighted by Crippen LogP contribution is 2.13. The number of aromatic amines is 1. The van der Waals surface area contributed by atoms with Crippen molar-refractivity contribution in [2.45, 2.75) is 39.3 Å². The topological polar surface area (TPSA) is 85.6 Å². The Morgan fingerprint density at radius 3 is 2.61 bits per heavy atom. The molecule has 0 radical (unpaired) electrons. The number of nitrogens with one attached hydrogen (secondary N) is 1. The molecule has 1 N–H and O–H groups in total. The number of hydrogen-bond acceptors (Lipinski definition) is 4. The summed E-state index contributed by atoms with van der Waals surface area (Å²) < 4.78 is 29.8. The molecule has 0 spiro atoms. The summed E-state index contributed by atoms with van der Waals surface area (Å²) in [4.78, 5) is 37.7. The van der Waals surface area contributed by atoms with E-state index < -0.39 is 22.9 Å². The summed E-state index contributed by atoms with van der Waals surface area (Å²) in [5, 5.41) is 0. The minimum atomic E-state index is -0.677. The summed E-state index contributed by atoms with van der Waals surface area (Å²) in [6.07, 6.45) is 2.78. The second-order valence-electron chi connectivity index (χ2n) is 7.26. The van der Waals surface area contributed by atoms with Crippen LogP contribution < -0.4 is 11.2 Å². The highest BCUT2D eigenvalue weighted by atomic mass is 19.1. The number of aryl methyl sites for hydroxylation is 2. The van der Waals surface area contributed by atoms with E-state index in [1.54, 1.807) is 12.3 Å². The van der Waals surface area contributed by atoms with Crippen molar-refractivity contribution in [3.63, 3.8) is 0 Å². The maximum Gasteiger partial charge on any atom is 0.332 e. The fourth-order valence-corrected chi connectivity index (χ4v) is 3.55. The van der Waals surface area contributed by atoms with Crippen molar-refractivity contribution in [1.82, 2.24) is 24.1 Å². The molecule has 0 aliphatic heterocycles. The summed E-state index contributed by atoms with van der Waals surface area (Å²) in [5.74, 6) is -0.839. The first-order valence-corrected chi connectivity index (χ1v) is 10.0. The van der Waals surface area contributed by atoms with Gasteiger partial charge in [-0.15, -0.1) is 0 Å². The molecule has 3 aromatic heterocycles. The predicted molar refractivity (Wildman–Crippen MR) is 112 cm³/mol. The molecule has 0 amide bonds. The number of fused-ring (bicyclic) bond motifs is 1. The van der Waals surface area contributed by atoms with E-state index in [0.29, 0.717) is 18.7 Å². The molecule has 1 aromatic carbocycles. The molecule has 0 saturated carbocycles. The first kappa shape index (κ1) is 20.6. The molecule has 0 aliphatic rings. The summed E-state index contributed by atoms with van der Waals surface area (Å²) in [6.45, 7) is 2.22. The number of benzene rings is 1. The maximum atomic E-state index is 14.1. The average molecular weight is 425 g/mol. The van der Waals surface area contributed by atoms with Crippen LogP contribution in [0.15, 0.2) is 52.2 Å². The van der Waals surface area contributed by atoms with Gasteiger partial charge in [-0.3, -0.25) is 18.9 Å². The maximum absolute atomic E-state index is 14.1. The van der Waals surface area contributed by atoms with E-state index in [1.165, 1.54) is 16.7 Å². The molecule has 0 atom stereocenters. The Morgan fingerprint density at radius 2 is 1.90 bits per heavy atom. The Hall–Kier alpha value is -3.62. The van der Waals surface area contributed by atoms with Crippen LogP contribution in [0.25, 0.3) is 11.2 Å². The van der Waals surface area contributed by atoms with Crippen molar-refractivity contribution >= 4 is 11.2 Å². The summed E-state index contributed by atoms with van der Waals surface area (Å²) in [5.41, 5.74) is 0.537. The Labute approximate surface area is 176 Å². The second-order valence-corrected chi connectivity index (χ2v) is 7.26. The van der Waals surface area contributed by atoms with E-state index in [1.807, 2.05) is 19.1 Å². The van der Waals surface area contributed by atoms with Crippen LogP contribution in [0.4, 0.5) is 8.78 Å². The van der Waals surface area contributed by atoms with Crippen LogP contribution in [0, 0.1) is 11.6 Å². The Balaban J connectivity index is 1.78. The lowest BCUT2D eigenvalue weighted by Crippen LogP contribution is -2.40. The predicted octanol–water partition coefficient (Wildman–Crippen LogP) is 2.80. The van der Waals surface area contributed by atoms with Gasteiger partial charge in [-0.1, -0.05) is 19.1 Å². The van der Waals surface area contributed by atoms with Gasteiger partial charge in [0.15, 0.2) is 5.65 Å². The Bertz CT molecular complexity index is 1340. The number of imidazole rings is 1. The van der Waals surface area contributed by atoms with Crippen LogP contribution in [-0.2, 0) is 25.9 Å². The molecule has 0 aliphatic carbocycles. The number of aromatic nitrogens is 5. The zero-order chi connectivity index (χ0) is 22.0. The van der Waals surface area contributed by atoms with Crippen molar-refractivity contribution in [3.05, 3.63) is 92.1 Å². The van der Waals surface area contributed by atoms with Crippen molar-refractivity contribution < 1.29 is 8.78 Å². The fourth-order valence-electron chi connectivity index (χ4n) is 3.55. The minimum Gasteiger partial charge on any atom is -0.336 e. The van der Waals surface area contributed by atoms with E-state index in [4.69, 9.17) is 0 Å². The van der Waals surface area contributed by atoms with Crippen molar-refractivity contribution in [2.24, 2.45) is 0 Å². The highest BCUT2D eigenvalue weighted by Gasteiger charge is 2.18. The van der Waals surface area contributed by atoms with Gasteiger partial charge in [0.25, 0.3) is 5.56 Å². The lowest BCUT2D eigenvalue weighted by atomic mass is 10.1. The smallest absolute Gasteiger partial charge is 0.332 e. The molecule has 0 saturated heterocycles. The molecule has 7 nitrogen and oxygen atoms in total. The third kappa shape index (κ3) is 4.16. The molecule has 9 heteroatoms. The number of H-pyrrole nitrogens is 1. The zero-order valence-corrected chi connectivity index (χ0v) is 16.9. The van der Waals surface area contributed by atoms with Crippen LogP contribution in [0.5, 0.6) is 0 Å². The van der Waals surface area contributed by atoms with E-state index in [-0.39, 0.29) is 36.2 Å². The molecule has 31 heavy (non-hydrogen) atoms. The van der Waals surface area contributed by atoms with Crippen LogP contribution >= 0.6 is 0 Å². The van der Waals surface area contributed by atoms with Gasteiger partial charge in [-0.2, -0.15) is 0 Å². The lowest BCUT2D eigenvalue weighted by molar-refractivity contribution is 0.542. The van der Waals surface area contributed by atoms with E-state index >= 15 is 0 Å². The van der Waals surface area contributed by atoms with Gasteiger partial charge in [0.1, 0.15) is 23.0 Å². The van der Waals surface area contributed by atoms with Crippen LogP contribution in [0.3, 0.4) is 0 Å². The molecule has 3 heterocycles. The quantitative estimate of drug-likeness (QED) is 0.493. The van der Waals surface area contributed by atoms with Crippen LogP contribution in [0.1, 0.15) is 30.4 Å². The number of nitrogens with zero attached hydrogens (tertiary/aromatic N) is 4. The largest absolute Gasteiger partial charge is 0.336 e. The molecule has 160 valence electrons. The third-order valence-corrected chi connectivity index (χ3v) is 5.05. The van der Waals surface area contributed by atoms with Gasteiger partial charge in [0, 0.05) is 37.5 Å². The monoisotopic (exact) mass is 425 g/mol. The van der Waals surface area contributed by atoms with Gasteiger partial charge >= 0.3 is 5.69 Å². The van der Waals surface area contributed by atoms with Gasteiger partial charge in [0.05, 0.1) is 0 Å². The SMILES string of the molecule is CCCn1c(=O)c2[nH]c(Cc3ccccn3)nc2n(CCc2ccc(F)cc2F)c1=O. The van der Waals surface area contributed by atoms with Gasteiger partial charge < -0.3 is 4.98 Å². The number of rotatable bonds is 7. The lowest BCUT2D eigenvalue weighted by Gasteiger charge is -2.11. The van der Waals surface area contributed by atoms with Gasteiger partial charge in [-0.05, 0) is 36.6 Å². The van der Waals surface area contributed by atoms with E-state index in [2.05, 4.69) is 15.0 Å². The van der Waals surface area contributed by atoms with E-state index in [0.717, 1.165) is 16.3 Å². The fraction of sp³-hybridized carbons (Fsp3) is 0.273. The average Bonchev–Trinajstić information content (AvgIpc) is 3.17. The third-order valence-electron chi connectivity index (χ3n) is 5.05. The second kappa shape index (κ2) is 8.63. The van der Waals surface area contributed by atoms with Gasteiger partial charge in [0.2, 0.25) is 0 Å². The summed E-state index contributed by atoms with van der Waals surface area (Å²) in [6, 6.07) is 8.84.